The molecule has 0 saturated carbocycles. The Hall–Kier alpha value is -1.38. The predicted octanol–water partition coefficient (Wildman–Crippen LogP) is 4.12. The second kappa shape index (κ2) is 9.62. The fraction of sp³-hybridized carbons (Fsp3) is 0.400. The number of hydrogen-bond acceptors (Lipinski definition) is 3. The summed E-state index contributed by atoms with van der Waals surface area (Å²) in [5.74, 6) is -3.28. The SMILES string of the molecule is CCN1CC(O)(c2cc(F)cc(F)c2)C1.OC(CCl)(CCl)c1cc(F)cc(F)c1. The fourth-order valence-electron chi connectivity index (χ4n) is 2.93. The summed E-state index contributed by atoms with van der Waals surface area (Å²) in [6.45, 7) is 3.69. The van der Waals surface area contributed by atoms with E-state index in [1.807, 2.05) is 11.8 Å². The molecule has 1 aliphatic rings. The Bertz CT molecular complexity index is 803. The van der Waals surface area contributed by atoms with Gasteiger partial charge in [0.2, 0.25) is 0 Å². The topological polar surface area (TPSA) is 43.7 Å². The van der Waals surface area contributed by atoms with E-state index in [2.05, 4.69) is 0 Å². The number of halogens is 6. The Kier molecular flexibility index (Phi) is 7.93. The van der Waals surface area contributed by atoms with Crippen LogP contribution < -0.4 is 0 Å². The molecule has 0 aliphatic carbocycles. The molecular formula is C20H21Cl2F4NO2. The first kappa shape index (κ1) is 23.9. The van der Waals surface area contributed by atoms with Gasteiger partial charge in [0.25, 0.3) is 0 Å². The number of aliphatic hydroxyl groups is 2. The van der Waals surface area contributed by atoms with Crippen molar-refractivity contribution in [2.45, 2.75) is 18.1 Å². The monoisotopic (exact) mass is 453 g/mol. The van der Waals surface area contributed by atoms with Crippen LogP contribution in [0.3, 0.4) is 0 Å². The molecule has 2 aromatic rings. The highest BCUT2D eigenvalue weighted by Crippen LogP contribution is 2.32. The average Bonchev–Trinajstić information content (AvgIpc) is 2.63. The predicted molar refractivity (Wildman–Crippen MR) is 104 cm³/mol. The van der Waals surface area contributed by atoms with Crippen LogP contribution in [0.15, 0.2) is 36.4 Å². The molecule has 3 rings (SSSR count). The highest BCUT2D eigenvalue weighted by atomic mass is 35.5. The van der Waals surface area contributed by atoms with Crippen molar-refractivity contribution in [2.24, 2.45) is 0 Å². The molecule has 0 radical (unpaired) electrons. The molecule has 3 nitrogen and oxygen atoms in total. The Morgan fingerprint density at radius 3 is 1.69 bits per heavy atom. The van der Waals surface area contributed by atoms with E-state index in [1.165, 1.54) is 12.1 Å². The molecule has 9 heteroatoms. The maximum Gasteiger partial charge on any atom is 0.126 e. The van der Waals surface area contributed by atoms with Crippen molar-refractivity contribution in [1.29, 1.82) is 0 Å². The molecule has 160 valence electrons. The molecule has 1 saturated heterocycles. The molecule has 1 fully saturated rings. The van der Waals surface area contributed by atoms with Crippen molar-refractivity contribution in [3.8, 4) is 0 Å². The van der Waals surface area contributed by atoms with Gasteiger partial charge in [-0.2, -0.15) is 0 Å². The first-order valence-electron chi connectivity index (χ1n) is 8.77. The van der Waals surface area contributed by atoms with Crippen molar-refractivity contribution < 1.29 is 27.8 Å². The standard InChI is InChI=1S/C11H13F2NO.C9H8Cl2F2O/c1-2-14-6-11(15,7-14)8-3-9(12)5-10(13)4-8;10-4-9(14,5-11)6-1-7(12)3-8(13)2-6/h3-5,15H,2,6-7H2,1H3;1-3,14H,4-5H2. The van der Waals surface area contributed by atoms with E-state index in [0.29, 0.717) is 24.7 Å². The van der Waals surface area contributed by atoms with E-state index < -0.39 is 34.5 Å². The minimum absolute atomic E-state index is 0.0417. The van der Waals surface area contributed by atoms with Gasteiger partial charge in [-0.3, -0.25) is 4.90 Å². The van der Waals surface area contributed by atoms with Crippen molar-refractivity contribution >= 4 is 23.2 Å². The van der Waals surface area contributed by atoms with E-state index in [4.69, 9.17) is 23.2 Å². The lowest BCUT2D eigenvalue weighted by molar-refractivity contribution is -0.102. The summed E-state index contributed by atoms with van der Waals surface area (Å²) in [4.78, 5) is 2.00. The Morgan fingerprint density at radius 1 is 0.897 bits per heavy atom. The van der Waals surface area contributed by atoms with Crippen LogP contribution in [0.25, 0.3) is 0 Å². The molecule has 0 aromatic heterocycles. The van der Waals surface area contributed by atoms with Gasteiger partial charge in [-0.05, 0) is 41.9 Å². The van der Waals surface area contributed by atoms with E-state index in [9.17, 15) is 27.8 Å². The summed E-state index contributed by atoms with van der Waals surface area (Å²) >= 11 is 10.9. The number of alkyl halides is 2. The largest absolute Gasteiger partial charge is 0.383 e. The van der Waals surface area contributed by atoms with E-state index in [1.54, 1.807) is 0 Å². The Morgan fingerprint density at radius 2 is 1.31 bits per heavy atom. The van der Waals surface area contributed by atoms with Gasteiger partial charge in [-0.15, -0.1) is 23.2 Å². The third kappa shape index (κ3) is 5.83. The lowest BCUT2D eigenvalue weighted by atomic mass is 9.86. The second-order valence-electron chi connectivity index (χ2n) is 6.95. The lowest BCUT2D eigenvalue weighted by Gasteiger charge is -2.46. The minimum Gasteiger partial charge on any atom is -0.383 e. The number of likely N-dealkylation sites (N-methyl/N-ethyl adjacent to an activating group) is 1. The molecule has 0 bridgehead atoms. The quantitative estimate of drug-likeness (QED) is 0.528. The normalized spacial score (nSPS) is 16.0. The molecule has 0 unspecified atom stereocenters. The van der Waals surface area contributed by atoms with Crippen molar-refractivity contribution in [3.05, 3.63) is 70.8 Å². The summed E-state index contributed by atoms with van der Waals surface area (Å²) in [5, 5.41) is 19.8. The van der Waals surface area contributed by atoms with E-state index in [0.717, 1.165) is 24.7 Å². The van der Waals surface area contributed by atoms with Gasteiger partial charge in [0.05, 0.1) is 11.8 Å². The van der Waals surface area contributed by atoms with Gasteiger partial charge in [-0.25, -0.2) is 17.6 Å². The van der Waals surface area contributed by atoms with Crippen LogP contribution in [0.1, 0.15) is 18.1 Å². The lowest BCUT2D eigenvalue weighted by Crippen LogP contribution is -2.59. The van der Waals surface area contributed by atoms with E-state index in [-0.39, 0.29) is 17.3 Å². The molecular weight excluding hydrogens is 433 g/mol. The highest BCUT2D eigenvalue weighted by Gasteiger charge is 2.42. The van der Waals surface area contributed by atoms with Crippen LogP contribution >= 0.6 is 23.2 Å². The first-order chi connectivity index (χ1) is 13.5. The molecule has 2 N–H and O–H groups in total. The van der Waals surface area contributed by atoms with Crippen molar-refractivity contribution in [2.75, 3.05) is 31.4 Å². The second-order valence-corrected chi connectivity index (χ2v) is 7.48. The maximum atomic E-state index is 12.9. The Balaban J connectivity index is 0.000000208. The summed E-state index contributed by atoms with van der Waals surface area (Å²) in [6, 6.07) is 5.92. The number of nitrogens with zero attached hydrogens (tertiary/aromatic N) is 1. The fourth-order valence-corrected chi connectivity index (χ4v) is 3.53. The maximum absolute atomic E-state index is 12.9. The molecule has 1 heterocycles. The van der Waals surface area contributed by atoms with E-state index >= 15 is 0 Å². The van der Waals surface area contributed by atoms with Gasteiger partial charge in [0.15, 0.2) is 0 Å². The van der Waals surface area contributed by atoms with Crippen molar-refractivity contribution in [3.63, 3.8) is 0 Å². The summed E-state index contributed by atoms with van der Waals surface area (Å²) < 4.78 is 51.5. The molecule has 1 aliphatic heterocycles. The zero-order chi connectivity index (χ0) is 21.8. The smallest absolute Gasteiger partial charge is 0.126 e. The zero-order valence-electron chi connectivity index (χ0n) is 15.6. The third-order valence-corrected chi connectivity index (χ3v) is 5.54. The number of β-amino-alcohol motifs (C(OH)–C–C–N with tert-alkyl or cyclic N) is 1. The van der Waals surface area contributed by atoms with Crippen LogP contribution in [-0.2, 0) is 11.2 Å². The van der Waals surface area contributed by atoms with Gasteiger partial charge in [0, 0.05) is 25.2 Å². The summed E-state index contributed by atoms with van der Waals surface area (Å²) in [7, 11) is 0. The molecule has 0 amide bonds. The highest BCUT2D eigenvalue weighted by molar-refractivity contribution is 6.21. The van der Waals surface area contributed by atoms with Gasteiger partial charge >= 0.3 is 0 Å². The molecule has 29 heavy (non-hydrogen) atoms. The molecule has 0 atom stereocenters. The van der Waals surface area contributed by atoms with Crippen molar-refractivity contribution in [1.82, 2.24) is 4.90 Å². The summed E-state index contributed by atoms with van der Waals surface area (Å²) in [5.41, 5.74) is -2.31. The van der Waals surface area contributed by atoms with Crippen LogP contribution in [0.2, 0.25) is 0 Å². The molecule has 0 spiro atoms. The average molecular weight is 454 g/mol. The van der Waals surface area contributed by atoms with Gasteiger partial charge < -0.3 is 10.2 Å². The van der Waals surface area contributed by atoms with Crippen LogP contribution in [0, 0.1) is 23.3 Å². The third-order valence-electron chi connectivity index (χ3n) is 4.66. The molecule has 2 aromatic carbocycles. The van der Waals surface area contributed by atoms with Gasteiger partial charge in [-0.1, -0.05) is 6.92 Å². The number of hydrogen-bond donors (Lipinski definition) is 2. The van der Waals surface area contributed by atoms with Crippen LogP contribution in [0.4, 0.5) is 17.6 Å². The number of benzene rings is 2. The number of likely N-dealkylation sites (tertiary alicyclic amines) is 1. The van der Waals surface area contributed by atoms with Crippen LogP contribution in [0.5, 0.6) is 0 Å². The number of rotatable bonds is 5. The zero-order valence-corrected chi connectivity index (χ0v) is 17.1. The first-order valence-corrected chi connectivity index (χ1v) is 9.84. The van der Waals surface area contributed by atoms with Crippen LogP contribution in [-0.4, -0.2) is 46.5 Å². The minimum atomic E-state index is -1.59. The summed E-state index contributed by atoms with van der Waals surface area (Å²) in [6.07, 6.45) is 0. The van der Waals surface area contributed by atoms with Gasteiger partial charge in [0.1, 0.15) is 34.5 Å². The Labute approximate surface area is 176 Å².